The third-order valence-corrected chi connectivity index (χ3v) is 2.18. The highest BCUT2D eigenvalue weighted by Crippen LogP contribution is 2.35. The van der Waals surface area contributed by atoms with Gasteiger partial charge in [0.05, 0.1) is 20.7 Å². The number of phosphoric ester groups is 1. The lowest BCUT2D eigenvalue weighted by molar-refractivity contribution is -0.890. The van der Waals surface area contributed by atoms with Crippen LogP contribution in [0.1, 0.15) is 1.43 Å². The normalized spacial score (nSPS) is 13.3. The van der Waals surface area contributed by atoms with Crippen molar-refractivity contribution >= 4 is 7.82 Å². The van der Waals surface area contributed by atoms with Crippen LogP contribution in [0.15, 0.2) is 0 Å². The maximum atomic E-state index is 10.3. The van der Waals surface area contributed by atoms with Crippen molar-refractivity contribution < 1.29 is 29.9 Å². The van der Waals surface area contributed by atoms with Crippen LogP contribution in [0.3, 0.4) is 0 Å². The van der Waals surface area contributed by atoms with Crippen LogP contribution in [0.25, 0.3) is 0 Å². The van der Waals surface area contributed by atoms with Crippen molar-refractivity contribution in [2.24, 2.45) is 0 Å². The zero-order chi connectivity index (χ0) is 10.5. The lowest BCUT2D eigenvalue weighted by atomic mass is 10.4. The summed E-state index contributed by atoms with van der Waals surface area (Å²) in [5.41, 5.74) is 0. The number of hydrogen-bond acceptors (Lipinski definition) is 3. The van der Waals surface area contributed by atoms with Crippen LogP contribution in [0.2, 0.25) is 0 Å². The van der Waals surface area contributed by atoms with Crippen LogP contribution >= 0.6 is 7.82 Å². The first-order valence-electron chi connectivity index (χ1n) is 3.90. The molecule has 0 heterocycles. The molecule has 0 amide bonds. The number of aliphatic hydroxyl groups excluding tert-OH is 1. The van der Waals surface area contributed by atoms with Gasteiger partial charge in [0, 0.05) is 0 Å². The first-order valence-corrected chi connectivity index (χ1v) is 5.43. The second-order valence-electron chi connectivity index (χ2n) is 3.43. The summed E-state index contributed by atoms with van der Waals surface area (Å²) >= 11 is 0. The number of phosphoric acid groups is 1. The Balaban J connectivity index is 0. The zero-order valence-corrected chi connectivity index (χ0v) is 8.78. The average Bonchev–Trinajstić information content (AvgIpc) is 1.82. The first kappa shape index (κ1) is 13.0. The predicted octanol–water partition coefficient (Wildman–Crippen LogP) is -0.723. The van der Waals surface area contributed by atoms with Crippen LogP contribution in [0.5, 0.6) is 0 Å². The van der Waals surface area contributed by atoms with E-state index in [1.165, 1.54) is 0 Å². The molecule has 0 fully saturated rings. The summed E-state index contributed by atoms with van der Waals surface area (Å²) in [4.78, 5) is 16.8. The fraction of sp³-hybridized carbons (Fsp3) is 1.00. The zero-order valence-electron chi connectivity index (χ0n) is 8.88. The van der Waals surface area contributed by atoms with Gasteiger partial charge in [0.25, 0.3) is 0 Å². The molecular weight excluding hydrogens is 197 g/mol. The minimum absolute atomic E-state index is 0. The molecule has 6 nitrogen and oxygen atoms in total. The summed E-state index contributed by atoms with van der Waals surface area (Å²) in [6.45, 7) is 1.01. The van der Waals surface area contributed by atoms with Crippen LogP contribution in [-0.4, -0.2) is 59.8 Å². The third kappa shape index (κ3) is 8.36. The van der Waals surface area contributed by atoms with Gasteiger partial charge in [-0.3, -0.25) is 4.52 Å². The lowest BCUT2D eigenvalue weighted by Crippen LogP contribution is -2.44. The molecule has 0 rings (SSSR count). The van der Waals surface area contributed by atoms with Crippen molar-refractivity contribution in [3.63, 3.8) is 0 Å². The number of nitrogens with zero attached hydrogens (tertiary/aromatic N) is 1. The quantitative estimate of drug-likeness (QED) is 0.402. The fourth-order valence-corrected chi connectivity index (χ4v) is 1.11. The molecule has 0 aliphatic heterocycles. The van der Waals surface area contributed by atoms with Gasteiger partial charge in [0.15, 0.2) is 0 Å². The first-order chi connectivity index (χ1) is 5.77. The molecular formula is C6H18NO5P+2. The largest absolute Gasteiger partial charge is 1.00 e. The van der Waals surface area contributed by atoms with Gasteiger partial charge in [-0.1, -0.05) is 0 Å². The van der Waals surface area contributed by atoms with Gasteiger partial charge in [0.2, 0.25) is 0 Å². The summed E-state index contributed by atoms with van der Waals surface area (Å²) in [7, 11) is -0.650. The van der Waals surface area contributed by atoms with Crippen LogP contribution in [-0.2, 0) is 9.09 Å². The molecule has 80 valence electrons. The molecule has 13 heavy (non-hydrogen) atoms. The van der Waals surface area contributed by atoms with E-state index in [1.807, 2.05) is 14.1 Å². The molecule has 3 N–H and O–H groups in total. The summed E-state index contributed by atoms with van der Waals surface area (Å²) in [5, 5.41) is 8.65. The Bertz CT molecular complexity index is 195. The van der Waals surface area contributed by atoms with Crippen molar-refractivity contribution in [2.75, 3.05) is 40.4 Å². The van der Waals surface area contributed by atoms with Crippen molar-refractivity contribution in [3.8, 4) is 0 Å². The summed E-state index contributed by atoms with van der Waals surface area (Å²) in [6, 6.07) is 0. The van der Waals surface area contributed by atoms with E-state index < -0.39 is 7.82 Å². The molecule has 0 aromatic carbocycles. The SMILES string of the molecule is C[N+](C)(CCO)CCOP(=O)(O)O.[H+]. The van der Waals surface area contributed by atoms with E-state index in [-0.39, 0.29) is 14.6 Å². The van der Waals surface area contributed by atoms with Gasteiger partial charge in [0.1, 0.15) is 19.7 Å². The number of likely N-dealkylation sites (N-methyl/N-ethyl adjacent to an activating group) is 1. The molecule has 7 heteroatoms. The molecule has 0 saturated carbocycles. The van der Waals surface area contributed by atoms with E-state index in [1.54, 1.807) is 0 Å². The molecule has 0 aromatic rings. The Hall–Kier alpha value is 0.0300. The number of rotatable bonds is 6. The smallest absolute Gasteiger partial charge is 0.391 e. The van der Waals surface area contributed by atoms with Crippen molar-refractivity contribution in [1.82, 2.24) is 0 Å². The van der Waals surface area contributed by atoms with Gasteiger partial charge in [-0.25, -0.2) is 4.57 Å². The van der Waals surface area contributed by atoms with E-state index >= 15 is 0 Å². The fourth-order valence-electron chi connectivity index (χ4n) is 0.789. The van der Waals surface area contributed by atoms with Gasteiger partial charge >= 0.3 is 9.25 Å². The molecule has 0 bridgehead atoms. The van der Waals surface area contributed by atoms with Crippen LogP contribution < -0.4 is 0 Å². The number of aliphatic hydroxyl groups is 1. The topological polar surface area (TPSA) is 87.0 Å². The Morgan fingerprint density at radius 3 is 2.31 bits per heavy atom. The standard InChI is InChI=1S/C6H16NO5P/c1-7(2,3-5-8)4-6-12-13(9,10)11/h8H,3-6H2,1-2H3,(H-,9,10,11)/p+2. The lowest BCUT2D eigenvalue weighted by Gasteiger charge is -2.28. The summed E-state index contributed by atoms with van der Waals surface area (Å²) < 4.78 is 15.0. The third-order valence-electron chi connectivity index (χ3n) is 1.66. The molecule has 0 atom stereocenters. The molecule has 0 aliphatic rings. The highest BCUT2D eigenvalue weighted by atomic mass is 31.2. The highest BCUT2D eigenvalue weighted by Gasteiger charge is 2.18. The molecule has 0 aromatic heterocycles. The maximum absolute atomic E-state index is 10.3. The second-order valence-corrected chi connectivity index (χ2v) is 4.67. The van der Waals surface area contributed by atoms with E-state index in [0.29, 0.717) is 17.6 Å². The summed E-state index contributed by atoms with van der Waals surface area (Å²) in [5.74, 6) is 0. The number of quaternary nitrogens is 1. The van der Waals surface area contributed by atoms with Gasteiger partial charge in [-0.2, -0.15) is 0 Å². The van der Waals surface area contributed by atoms with Crippen molar-refractivity contribution in [1.29, 1.82) is 0 Å². The Labute approximate surface area is 79.1 Å². The highest BCUT2D eigenvalue weighted by molar-refractivity contribution is 7.46. The minimum atomic E-state index is -4.34. The van der Waals surface area contributed by atoms with Gasteiger partial charge in [-0.05, 0) is 0 Å². The molecule has 0 unspecified atom stereocenters. The molecule has 0 spiro atoms. The van der Waals surface area contributed by atoms with E-state index in [0.717, 1.165) is 0 Å². The van der Waals surface area contributed by atoms with E-state index in [9.17, 15) is 4.57 Å². The van der Waals surface area contributed by atoms with Crippen molar-refractivity contribution in [3.05, 3.63) is 0 Å². The van der Waals surface area contributed by atoms with Crippen LogP contribution in [0, 0.1) is 0 Å². The Morgan fingerprint density at radius 2 is 1.92 bits per heavy atom. The van der Waals surface area contributed by atoms with Gasteiger partial charge in [-0.15, -0.1) is 0 Å². The minimum Gasteiger partial charge on any atom is -0.391 e. The number of hydrogen-bond donors (Lipinski definition) is 3. The van der Waals surface area contributed by atoms with Crippen LogP contribution in [0.4, 0.5) is 0 Å². The van der Waals surface area contributed by atoms with Gasteiger partial charge < -0.3 is 19.4 Å². The second kappa shape index (κ2) is 5.05. The Kier molecular flexibility index (Phi) is 5.06. The molecule has 0 aliphatic carbocycles. The molecule has 0 saturated heterocycles. The van der Waals surface area contributed by atoms with E-state index in [4.69, 9.17) is 14.9 Å². The monoisotopic (exact) mass is 215 g/mol. The Morgan fingerprint density at radius 1 is 1.38 bits per heavy atom. The summed E-state index contributed by atoms with van der Waals surface area (Å²) in [6.07, 6.45) is 0. The van der Waals surface area contributed by atoms with Crippen molar-refractivity contribution in [2.45, 2.75) is 0 Å². The maximum Gasteiger partial charge on any atom is 1.00 e. The molecule has 0 radical (unpaired) electrons. The van der Waals surface area contributed by atoms with E-state index in [2.05, 4.69) is 4.52 Å². The predicted molar refractivity (Wildman–Crippen MR) is 48.0 cm³/mol. The average molecular weight is 215 g/mol.